The summed E-state index contributed by atoms with van der Waals surface area (Å²) in [6.07, 6.45) is -2.29. The van der Waals surface area contributed by atoms with Crippen LogP contribution >= 0.6 is 12.4 Å². The average molecular weight is 336 g/mol. The lowest BCUT2D eigenvalue weighted by Gasteiger charge is -2.15. The van der Waals surface area contributed by atoms with Crippen molar-refractivity contribution in [2.24, 2.45) is 0 Å². The Labute approximate surface area is 130 Å². The number of anilines is 1. The Kier molecular flexibility index (Phi) is 4.37. The first kappa shape index (κ1) is 16.6. The number of hydrogen-bond donors (Lipinski definition) is 1. The quantitative estimate of drug-likeness (QED) is 0.634. The Balaban J connectivity index is 0.00000176. The minimum atomic E-state index is -4.53. The number of nitrogens with two attached hydrogens (primary N) is 1. The predicted molar refractivity (Wildman–Crippen MR) is 76.8 cm³/mol. The highest BCUT2D eigenvalue weighted by Crippen LogP contribution is 2.37. The molecule has 2 N–H and O–H groups in total. The largest absolute Gasteiger partial charge is 0.435 e. The van der Waals surface area contributed by atoms with Crippen molar-refractivity contribution in [3.8, 4) is 5.69 Å². The van der Waals surface area contributed by atoms with E-state index in [2.05, 4.69) is 5.10 Å². The number of nitrogens with zero attached hydrogens (tertiary/aromatic N) is 2. The minimum Gasteiger partial charge on any atom is -0.399 e. The smallest absolute Gasteiger partial charge is 0.399 e. The number of nitrogen functional groups attached to an aromatic ring is 1. The Morgan fingerprint density at radius 3 is 2.45 bits per heavy atom. The molecule has 0 atom stereocenters. The summed E-state index contributed by atoms with van der Waals surface area (Å²) < 4.78 is 54.3. The molecular formula is C14H14ClF4N3. The molecule has 0 unspecified atom stereocenters. The topological polar surface area (TPSA) is 43.8 Å². The predicted octanol–water partition coefficient (Wildman–Crippen LogP) is 3.91. The molecule has 1 aromatic heterocycles. The van der Waals surface area contributed by atoms with E-state index in [4.69, 9.17) is 5.73 Å². The van der Waals surface area contributed by atoms with Crippen LogP contribution in [0.25, 0.3) is 5.69 Å². The highest BCUT2D eigenvalue weighted by atomic mass is 35.5. The van der Waals surface area contributed by atoms with E-state index in [-0.39, 0.29) is 29.3 Å². The molecule has 0 saturated carbocycles. The number of aromatic nitrogens is 2. The summed E-state index contributed by atoms with van der Waals surface area (Å²) in [5, 5.41) is 3.63. The molecule has 1 aliphatic carbocycles. The van der Waals surface area contributed by atoms with Crippen molar-refractivity contribution in [2.75, 3.05) is 5.73 Å². The third kappa shape index (κ3) is 2.77. The Hall–Kier alpha value is -1.76. The van der Waals surface area contributed by atoms with Gasteiger partial charge in [-0.2, -0.15) is 18.3 Å². The van der Waals surface area contributed by atoms with Gasteiger partial charge in [-0.3, -0.25) is 0 Å². The summed E-state index contributed by atoms with van der Waals surface area (Å²) in [5.74, 6) is -0.681. The molecule has 0 fully saturated rings. The van der Waals surface area contributed by atoms with E-state index >= 15 is 0 Å². The van der Waals surface area contributed by atoms with Crippen molar-refractivity contribution >= 4 is 18.1 Å². The fraction of sp³-hybridized carbons (Fsp3) is 0.357. The van der Waals surface area contributed by atoms with Crippen molar-refractivity contribution in [1.29, 1.82) is 0 Å². The molecule has 0 saturated heterocycles. The SMILES string of the molecule is Cl.Nc1ccc(-n2nc(C(F)(F)F)c3c2CCCC3)c(F)c1. The summed E-state index contributed by atoms with van der Waals surface area (Å²) in [4.78, 5) is 0. The van der Waals surface area contributed by atoms with Crippen molar-refractivity contribution in [2.45, 2.75) is 31.9 Å². The average Bonchev–Trinajstić information content (AvgIpc) is 2.78. The van der Waals surface area contributed by atoms with Gasteiger partial charge in [0.05, 0.1) is 0 Å². The van der Waals surface area contributed by atoms with Crippen LogP contribution in [0.2, 0.25) is 0 Å². The summed E-state index contributed by atoms with van der Waals surface area (Å²) in [7, 11) is 0. The van der Waals surface area contributed by atoms with Crippen LogP contribution in [0.15, 0.2) is 18.2 Å². The van der Waals surface area contributed by atoms with E-state index in [1.54, 1.807) is 0 Å². The molecule has 3 rings (SSSR count). The second-order valence-corrected chi connectivity index (χ2v) is 5.10. The van der Waals surface area contributed by atoms with E-state index in [1.165, 1.54) is 12.1 Å². The van der Waals surface area contributed by atoms with Gasteiger partial charge in [0.1, 0.15) is 5.69 Å². The molecule has 1 aromatic carbocycles. The van der Waals surface area contributed by atoms with Crippen LogP contribution in [-0.4, -0.2) is 9.78 Å². The van der Waals surface area contributed by atoms with Crippen LogP contribution in [0.1, 0.15) is 29.8 Å². The molecule has 0 amide bonds. The van der Waals surface area contributed by atoms with Gasteiger partial charge >= 0.3 is 6.18 Å². The molecule has 3 nitrogen and oxygen atoms in total. The van der Waals surface area contributed by atoms with E-state index in [0.717, 1.165) is 17.2 Å². The maximum Gasteiger partial charge on any atom is 0.435 e. The molecule has 0 spiro atoms. The van der Waals surface area contributed by atoms with Crippen LogP contribution in [0.4, 0.5) is 23.2 Å². The third-order valence-electron chi connectivity index (χ3n) is 3.65. The van der Waals surface area contributed by atoms with Gasteiger partial charge in [-0.25, -0.2) is 9.07 Å². The number of rotatable bonds is 1. The van der Waals surface area contributed by atoms with Gasteiger partial charge in [0.2, 0.25) is 0 Å². The van der Waals surface area contributed by atoms with Crippen molar-refractivity contribution in [3.63, 3.8) is 0 Å². The zero-order chi connectivity index (χ0) is 15.2. The first-order chi connectivity index (χ1) is 9.88. The Morgan fingerprint density at radius 2 is 1.82 bits per heavy atom. The molecule has 22 heavy (non-hydrogen) atoms. The fourth-order valence-electron chi connectivity index (χ4n) is 2.72. The van der Waals surface area contributed by atoms with Gasteiger partial charge in [0.25, 0.3) is 0 Å². The van der Waals surface area contributed by atoms with Crippen LogP contribution in [0, 0.1) is 5.82 Å². The van der Waals surface area contributed by atoms with E-state index in [9.17, 15) is 17.6 Å². The molecule has 8 heteroatoms. The van der Waals surface area contributed by atoms with Gasteiger partial charge in [-0.15, -0.1) is 12.4 Å². The van der Waals surface area contributed by atoms with E-state index < -0.39 is 17.7 Å². The standard InChI is InChI=1S/C14H13F4N3.ClH/c15-10-7-8(19)5-6-12(10)21-11-4-2-1-3-9(11)13(20-21)14(16,17)18;/h5-7H,1-4,19H2;1H. The molecule has 0 radical (unpaired) electrons. The van der Waals surface area contributed by atoms with Gasteiger partial charge in [-0.1, -0.05) is 0 Å². The molecule has 1 aliphatic rings. The number of alkyl halides is 3. The first-order valence-electron chi connectivity index (χ1n) is 6.61. The molecule has 2 aromatic rings. The van der Waals surface area contributed by atoms with E-state index in [0.29, 0.717) is 25.0 Å². The number of fused-ring (bicyclic) bond motifs is 1. The van der Waals surface area contributed by atoms with E-state index in [1.807, 2.05) is 0 Å². The lowest BCUT2D eigenvalue weighted by molar-refractivity contribution is -0.142. The fourth-order valence-corrected chi connectivity index (χ4v) is 2.72. The molecule has 120 valence electrons. The normalized spacial score (nSPS) is 14.4. The summed E-state index contributed by atoms with van der Waals surface area (Å²) >= 11 is 0. The maximum absolute atomic E-state index is 14.0. The van der Waals surface area contributed by atoms with Crippen LogP contribution in [0.3, 0.4) is 0 Å². The zero-order valence-corrected chi connectivity index (χ0v) is 12.3. The summed E-state index contributed by atoms with van der Waals surface area (Å²) in [6.45, 7) is 0. The monoisotopic (exact) mass is 335 g/mol. The number of halogens is 5. The zero-order valence-electron chi connectivity index (χ0n) is 11.5. The third-order valence-corrected chi connectivity index (χ3v) is 3.65. The van der Waals surface area contributed by atoms with Crippen LogP contribution < -0.4 is 5.73 Å². The maximum atomic E-state index is 14.0. The lowest BCUT2D eigenvalue weighted by Crippen LogP contribution is -2.11. The molecule has 0 bridgehead atoms. The van der Waals surface area contributed by atoms with Crippen molar-refractivity contribution < 1.29 is 17.6 Å². The van der Waals surface area contributed by atoms with Crippen LogP contribution in [-0.2, 0) is 19.0 Å². The van der Waals surface area contributed by atoms with Crippen molar-refractivity contribution in [3.05, 3.63) is 41.0 Å². The summed E-state index contributed by atoms with van der Waals surface area (Å²) in [6, 6.07) is 3.88. The molecule has 0 aliphatic heterocycles. The summed E-state index contributed by atoms with van der Waals surface area (Å²) in [5.41, 5.74) is 5.40. The highest BCUT2D eigenvalue weighted by molar-refractivity contribution is 5.85. The van der Waals surface area contributed by atoms with Gasteiger partial charge in [0, 0.05) is 16.9 Å². The van der Waals surface area contributed by atoms with Crippen LogP contribution in [0.5, 0.6) is 0 Å². The first-order valence-corrected chi connectivity index (χ1v) is 6.61. The lowest BCUT2D eigenvalue weighted by atomic mass is 9.95. The number of benzene rings is 1. The van der Waals surface area contributed by atoms with Crippen molar-refractivity contribution in [1.82, 2.24) is 9.78 Å². The second kappa shape index (κ2) is 5.79. The van der Waals surface area contributed by atoms with Gasteiger partial charge in [-0.05, 0) is 43.9 Å². The Bertz CT molecular complexity index is 694. The highest BCUT2D eigenvalue weighted by Gasteiger charge is 2.39. The Morgan fingerprint density at radius 1 is 1.14 bits per heavy atom. The van der Waals surface area contributed by atoms with Gasteiger partial charge in [0.15, 0.2) is 11.5 Å². The minimum absolute atomic E-state index is 0. The molecule has 1 heterocycles. The van der Waals surface area contributed by atoms with Gasteiger partial charge < -0.3 is 5.73 Å². The number of hydrogen-bond acceptors (Lipinski definition) is 2. The second-order valence-electron chi connectivity index (χ2n) is 5.10. The molecular weight excluding hydrogens is 322 g/mol.